The molecule has 1 N–H and O–H groups in total. The van der Waals surface area contributed by atoms with E-state index < -0.39 is 16.4 Å². The number of ether oxygens (including phenoxy) is 1. The molecule has 0 bridgehead atoms. The Kier molecular flexibility index (Phi) is 4.93. The molecule has 0 atom stereocenters. The Morgan fingerprint density at radius 2 is 2.08 bits per heavy atom. The number of amidine groups is 1. The predicted molar refractivity (Wildman–Crippen MR) is 94.7 cm³/mol. The van der Waals surface area contributed by atoms with Crippen molar-refractivity contribution in [2.24, 2.45) is 4.99 Å². The second kappa shape index (κ2) is 7.14. The quantitative estimate of drug-likeness (QED) is 0.500. The third kappa shape index (κ3) is 3.60. The zero-order valence-electron chi connectivity index (χ0n) is 13.6. The number of likely N-dealkylation sites (tertiary alicyclic amines) is 1. The van der Waals surface area contributed by atoms with Crippen LogP contribution >= 0.6 is 11.8 Å². The number of carbonyl (C=O) groups excluding carboxylic acids is 1. The van der Waals surface area contributed by atoms with Crippen molar-refractivity contribution in [1.29, 1.82) is 0 Å². The van der Waals surface area contributed by atoms with Crippen LogP contribution in [0.1, 0.15) is 24.8 Å². The first-order valence-electron chi connectivity index (χ1n) is 7.82. The topological polar surface area (TPSA) is 105 Å². The number of amides is 1. The average Bonchev–Trinajstić information content (AvgIpc) is 2.97. The predicted octanol–water partition coefficient (Wildman–Crippen LogP) is 2.77. The molecule has 1 amide bonds. The Labute approximate surface area is 148 Å². The van der Waals surface area contributed by atoms with Gasteiger partial charge in [-0.15, -0.1) is 0 Å². The average molecular weight is 363 g/mol. The number of thioether (sulfide) groups is 1. The molecule has 0 saturated carbocycles. The standard InChI is InChI=1S/C16H17N3O5S/c1-24-12-8-10(7-11(14(12)20)19(22)23)9-13-15(21)17-16(25-13)18-5-3-2-4-6-18/h7-9,20H,2-6H2,1H3. The third-order valence-electron chi connectivity index (χ3n) is 4.03. The number of hydrogen-bond acceptors (Lipinski definition) is 7. The Morgan fingerprint density at radius 1 is 1.36 bits per heavy atom. The van der Waals surface area contributed by atoms with Gasteiger partial charge in [0.15, 0.2) is 10.9 Å². The van der Waals surface area contributed by atoms with Crippen molar-refractivity contribution >= 4 is 34.6 Å². The van der Waals surface area contributed by atoms with Crippen molar-refractivity contribution in [2.75, 3.05) is 20.2 Å². The van der Waals surface area contributed by atoms with E-state index in [0.717, 1.165) is 25.9 Å². The summed E-state index contributed by atoms with van der Waals surface area (Å²) in [6, 6.07) is 2.65. The van der Waals surface area contributed by atoms with Gasteiger partial charge in [0.1, 0.15) is 0 Å². The minimum Gasteiger partial charge on any atom is -0.500 e. The molecular formula is C16H17N3O5S. The second-order valence-corrected chi connectivity index (χ2v) is 6.71. The molecule has 1 aromatic carbocycles. The first-order chi connectivity index (χ1) is 12.0. The maximum atomic E-state index is 12.2. The summed E-state index contributed by atoms with van der Waals surface area (Å²) in [6.07, 6.45) is 4.87. The molecule has 1 fully saturated rings. The van der Waals surface area contributed by atoms with E-state index in [4.69, 9.17) is 4.74 Å². The highest BCUT2D eigenvalue weighted by Crippen LogP contribution is 2.39. The summed E-state index contributed by atoms with van der Waals surface area (Å²) in [7, 11) is 1.31. The zero-order chi connectivity index (χ0) is 18.0. The van der Waals surface area contributed by atoms with E-state index in [9.17, 15) is 20.0 Å². The van der Waals surface area contributed by atoms with E-state index in [2.05, 4.69) is 9.89 Å². The van der Waals surface area contributed by atoms with Crippen LogP contribution < -0.4 is 4.74 Å². The van der Waals surface area contributed by atoms with Crippen molar-refractivity contribution < 1.29 is 19.6 Å². The summed E-state index contributed by atoms with van der Waals surface area (Å²) < 4.78 is 4.97. The number of phenolic OH excluding ortho intramolecular Hbond substituents is 1. The molecule has 2 aliphatic rings. The molecule has 8 nitrogen and oxygen atoms in total. The molecule has 2 heterocycles. The number of rotatable bonds is 3. The van der Waals surface area contributed by atoms with Gasteiger partial charge in [0, 0.05) is 19.2 Å². The molecule has 3 rings (SSSR count). The largest absolute Gasteiger partial charge is 0.500 e. The van der Waals surface area contributed by atoms with E-state index in [0.29, 0.717) is 15.6 Å². The number of hydrogen-bond donors (Lipinski definition) is 1. The highest BCUT2D eigenvalue weighted by atomic mass is 32.2. The molecule has 9 heteroatoms. The molecule has 132 valence electrons. The van der Waals surface area contributed by atoms with Gasteiger partial charge in [-0.3, -0.25) is 14.9 Å². The van der Waals surface area contributed by atoms with E-state index in [1.54, 1.807) is 0 Å². The highest BCUT2D eigenvalue weighted by molar-refractivity contribution is 8.18. The number of nitro benzene ring substituents is 1. The normalized spacial score (nSPS) is 19.2. The smallest absolute Gasteiger partial charge is 0.315 e. The van der Waals surface area contributed by atoms with Crippen LogP contribution in [0.4, 0.5) is 5.69 Å². The van der Waals surface area contributed by atoms with Crippen LogP contribution in [0.5, 0.6) is 11.5 Å². The highest BCUT2D eigenvalue weighted by Gasteiger charge is 2.27. The van der Waals surface area contributed by atoms with Gasteiger partial charge in [0.05, 0.1) is 16.9 Å². The van der Waals surface area contributed by atoms with Crippen LogP contribution in [0.2, 0.25) is 0 Å². The second-order valence-electron chi connectivity index (χ2n) is 5.71. The third-order valence-corrected chi connectivity index (χ3v) is 5.07. The number of benzene rings is 1. The molecule has 1 aromatic rings. The van der Waals surface area contributed by atoms with Crippen molar-refractivity contribution in [3.63, 3.8) is 0 Å². The van der Waals surface area contributed by atoms with E-state index in [1.165, 1.54) is 43.5 Å². The lowest BCUT2D eigenvalue weighted by atomic mass is 10.1. The van der Waals surface area contributed by atoms with Crippen LogP contribution in [-0.4, -0.2) is 46.2 Å². The van der Waals surface area contributed by atoms with Gasteiger partial charge in [-0.2, -0.15) is 4.99 Å². The van der Waals surface area contributed by atoms with Gasteiger partial charge >= 0.3 is 5.69 Å². The number of aliphatic imine (C=N–C) groups is 1. The van der Waals surface area contributed by atoms with Gasteiger partial charge in [0.25, 0.3) is 5.91 Å². The maximum Gasteiger partial charge on any atom is 0.315 e. The fourth-order valence-corrected chi connectivity index (χ4v) is 3.73. The number of methoxy groups -OCH3 is 1. The van der Waals surface area contributed by atoms with Gasteiger partial charge in [-0.05, 0) is 48.7 Å². The fourth-order valence-electron chi connectivity index (χ4n) is 2.76. The summed E-state index contributed by atoms with van der Waals surface area (Å²) in [6.45, 7) is 1.76. The van der Waals surface area contributed by atoms with E-state index >= 15 is 0 Å². The molecule has 1 saturated heterocycles. The molecule has 0 aromatic heterocycles. The number of phenols is 1. The number of nitro groups is 1. The lowest BCUT2D eigenvalue weighted by Gasteiger charge is -2.27. The van der Waals surface area contributed by atoms with Crippen LogP contribution in [0.25, 0.3) is 6.08 Å². The first kappa shape index (κ1) is 17.3. The zero-order valence-corrected chi connectivity index (χ0v) is 14.4. The molecular weight excluding hydrogens is 346 g/mol. The number of aromatic hydroxyl groups is 1. The Bertz CT molecular complexity index is 784. The van der Waals surface area contributed by atoms with Crippen molar-refractivity contribution in [3.8, 4) is 11.5 Å². The van der Waals surface area contributed by atoms with Gasteiger partial charge in [-0.25, -0.2) is 0 Å². The molecule has 0 radical (unpaired) electrons. The number of carbonyl (C=O) groups is 1. The van der Waals surface area contributed by atoms with Gasteiger partial charge < -0.3 is 14.7 Å². The Morgan fingerprint density at radius 3 is 2.72 bits per heavy atom. The van der Waals surface area contributed by atoms with Crippen LogP contribution in [0.3, 0.4) is 0 Å². The molecule has 0 unspecified atom stereocenters. The molecule has 0 aliphatic carbocycles. The fraction of sp³-hybridized carbons (Fsp3) is 0.375. The summed E-state index contributed by atoms with van der Waals surface area (Å²) in [5.74, 6) is -0.917. The van der Waals surface area contributed by atoms with Crippen LogP contribution in [-0.2, 0) is 4.79 Å². The number of piperidine rings is 1. The molecule has 0 spiro atoms. The van der Waals surface area contributed by atoms with E-state index in [1.807, 2.05) is 0 Å². The Balaban J connectivity index is 1.87. The lowest BCUT2D eigenvalue weighted by Crippen LogP contribution is -2.33. The summed E-state index contributed by atoms with van der Waals surface area (Å²) in [4.78, 5) is 29.1. The van der Waals surface area contributed by atoms with Gasteiger partial charge in [0.2, 0.25) is 5.75 Å². The van der Waals surface area contributed by atoms with Crippen LogP contribution in [0.15, 0.2) is 22.0 Å². The molecule has 25 heavy (non-hydrogen) atoms. The van der Waals surface area contributed by atoms with Crippen molar-refractivity contribution in [3.05, 3.63) is 32.7 Å². The lowest BCUT2D eigenvalue weighted by molar-refractivity contribution is -0.386. The monoisotopic (exact) mass is 363 g/mol. The van der Waals surface area contributed by atoms with Crippen molar-refractivity contribution in [1.82, 2.24) is 4.90 Å². The minimum atomic E-state index is -0.695. The van der Waals surface area contributed by atoms with Gasteiger partial charge in [-0.1, -0.05) is 0 Å². The first-order valence-corrected chi connectivity index (χ1v) is 8.64. The summed E-state index contributed by atoms with van der Waals surface area (Å²) in [5, 5.41) is 21.6. The SMILES string of the molecule is COc1cc(C=C2SC(N3CCCCC3)=NC2=O)cc([N+](=O)[O-])c1O. The minimum absolute atomic E-state index is 0.0198. The van der Waals surface area contributed by atoms with Crippen LogP contribution in [0, 0.1) is 10.1 Å². The summed E-state index contributed by atoms with van der Waals surface area (Å²) in [5.41, 5.74) is -0.0777. The summed E-state index contributed by atoms with van der Waals surface area (Å²) >= 11 is 1.27. The maximum absolute atomic E-state index is 12.2. The van der Waals surface area contributed by atoms with Crippen molar-refractivity contribution in [2.45, 2.75) is 19.3 Å². The number of nitrogens with zero attached hydrogens (tertiary/aromatic N) is 3. The Hall–Kier alpha value is -2.55. The molecule has 2 aliphatic heterocycles. The van der Waals surface area contributed by atoms with E-state index in [-0.39, 0.29) is 11.7 Å².